The van der Waals surface area contributed by atoms with Crippen molar-refractivity contribution in [3.8, 4) is 11.3 Å². The van der Waals surface area contributed by atoms with Gasteiger partial charge in [-0.25, -0.2) is 32.9 Å². The van der Waals surface area contributed by atoms with Gasteiger partial charge in [-0.15, -0.1) is 5.10 Å². The van der Waals surface area contributed by atoms with Crippen molar-refractivity contribution in [1.29, 1.82) is 0 Å². The molecule has 1 unspecified atom stereocenters. The monoisotopic (exact) mass is 604 g/mol. The SMILES string of the molecule is Cc1cc[n+](C)c(NC(=O)C(Cc2ccccc2)n2cc(-c3ccc(S(N)(=O)=O)cc3)nn2)c1.[I-]. The predicted octanol–water partition coefficient (Wildman–Crippen LogP) is -0.848. The molecule has 11 heteroatoms. The zero-order valence-corrected chi connectivity index (χ0v) is 22.1. The number of anilines is 1. The van der Waals surface area contributed by atoms with Gasteiger partial charge in [-0.3, -0.25) is 0 Å². The Bertz CT molecular complexity index is 1420. The number of nitrogens with one attached hydrogen (secondary N) is 1. The Labute approximate surface area is 221 Å². The van der Waals surface area contributed by atoms with Crippen LogP contribution >= 0.6 is 0 Å². The van der Waals surface area contributed by atoms with E-state index in [-0.39, 0.29) is 34.8 Å². The van der Waals surface area contributed by atoms with Gasteiger partial charge < -0.3 is 24.0 Å². The second-order valence-electron chi connectivity index (χ2n) is 8.05. The van der Waals surface area contributed by atoms with E-state index in [0.29, 0.717) is 23.5 Å². The number of nitrogens with two attached hydrogens (primary N) is 1. The van der Waals surface area contributed by atoms with Crippen molar-refractivity contribution in [2.24, 2.45) is 12.2 Å². The van der Waals surface area contributed by atoms with Crippen molar-refractivity contribution < 1.29 is 41.8 Å². The van der Waals surface area contributed by atoms with Crippen LogP contribution < -0.4 is 39.0 Å². The molecule has 2 aromatic heterocycles. The molecule has 0 bridgehead atoms. The summed E-state index contributed by atoms with van der Waals surface area (Å²) in [6, 6.07) is 18.9. The van der Waals surface area contributed by atoms with Crippen molar-refractivity contribution in [3.05, 3.63) is 90.3 Å². The summed E-state index contributed by atoms with van der Waals surface area (Å²) in [7, 11) is -1.93. The van der Waals surface area contributed by atoms with Crippen LogP contribution in [0.15, 0.2) is 84.0 Å². The van der Waals surface area contributed by atoms with Crippen LogP contribution in [0.4, 0.5) is 5.82 Å². The molecule has 2 aromatic carbocycles. The van der Waals surface area contributed by atoms with Gasteiger partial charge in [0.25, 0.3) is 5.82 Å². The number of carbonyl (C=O) groups is 1. The third kappa shape index (κ3) is 6.50. The molecular weight excluding hydrogens is 579 g/mol. The summed E-state index contributed by atoms with van der Waals surface area (Å²) in [5.41, 5.74) is 3.17. The number of halogens is 1. The van der Waals surface area contributed by atoms with Gasteiger partial charge in [0.2, 0.25) is 10.0 Å². The zero-order chi connectivity index (χ0) is 24.3. The lowest BCUT2D eigenvalue weighted by Crippen LogP contribution is -3.00. The number of aryl methyl sites for hydroxylation is 2. The molecule has 0 aliphatic carbocycles. The highest BCUT2D eigenvalue weighted by Crippen LogP contribution is 2.22. The maximum atomic E-state index is 13.4. The van der Waals surface area contributed by atoms with Crippen molar-refractivity contribution in [2.75, 3.05) is 5.32 Å². The number of primary sulfonamides is 1. The smallest absolute Gasteiger partial charge is 0.332 e. The highest BCUT2D eigenvalue weighted by Gasteiger charge is 2.28. The summed E-state index contributed by atoms with van der Waals surface area (Å²) in [6.45, 7) is 1.96. The Hall–Kier alpha value is -3.16. The van der Waals surface area contributed by atoms with Gasteiger partial charge in [0, 0.05) is 18.1 Å². The third-order valence-electron chi connectivity index (χ3n) is 5.44. The van der Waals surface area contributed by atoms with Gasteiger partial charge in [-0.2, -0.15) is 0 Å². The molecule has 0 radical (unpaired) electrons. The van der Waals surface area contributed by atoms with E-state index < -0.39 is 16.1 Å². The van der Waals surface area contributed by atoms with E-state index in [1.165, 1.54) is 16.8 Å². The molecule has 4 rings (SSSR count). The van der Waals surface area contributed by atoms with Crippen LogP contribution in [0.25, 0.3) is 11.3 Å². The summed E-state index contributed by atoms with van der Waals surface area (Å²) in [6.07, 6.45) is 3.97. The minimum absolute atomic E-state index is 0. The minimum Gasteiger partial charge on any atom is -1.00 e. The van der Waals surface area contributed by atoms with E-state index in [1.807, 2.05) is 67.2 Å². The van der Waals surface area contributed by atoms with Crippen molar-refractivity contribution in [2.45, 2.75) is 24.3 Å². The first-order valence-corrected chi connectivity index (χ1v) is 12.1. The van der Waals surface area contributed by atoms with Gasteiger partial charge in [0.1, 0.15) is 5.69 Å². The highest BCUT2D eigenvalue weighted by molar-refractivity contribution is 7.89. The quantitative estimate of drug-likeness (QED) is 0.210. The van der Waals surface area contributed by atoms with Crippen LogP contribution in [0.5, 0.6) is 0 Å². The molecule has 3 N–H and O–H groups in total. The number of pyridine rings is 1. The maximum Gasteiger partial charge on any atom is 0.332 e. The fourth-order valence-electron chi connectivity index (χ4n) is 3.53. The number of nitrogens with zero attached hydrogens (tertiary/aromatic N) is 4. The Kier molecular flexibility index (Phi) is 8.35. The second kappa shape index (κ2) is 11.1. The van der Waals surface area contributed by atoms with Gasteiger partial charge >= 0.3 is 5.91 Å². The maximum absolute atomic E-state index is 13.4. The fourth-order valence-corrected chi connectivity index (χ4v) is 4.04. The number of amides is 1. The molecule has 1 amide bonds. The first-order chi connectivity index (χ1) is 16.2. The largest absolute Gasteiger partial charge is 1.00 e. The number of benzene rings is 2. The molecule has 0 spiro atoms. The summed E-state index contributed by atoms with van der Waals surface area (Å²) < 4.78 is 26.4. The molecule has 0 aliphatic rings. The summed E-state index contributed by atoms with van der Waals surface area (Å²) in [4.78, 5) is 13.4. The first kappa shape index (κ1) is 26.4. The van der Waals surface area contributed by atoms with Gasteiger partial charge in [0.15, 0.2) is 6.04 Å². The van der Waals surface area contributed by atoms with Crippen molar-refractivity contribution in [3.63, 3.8) is 0 Å². The van der Waals surface area contributed by atoms with Gasteiger partial charge in [-0.05, 0) is 36.2 Å². The average molecular weight is 604 g/mol. The van der Waals surface area contributed by atoms with E-state index >= 15 is 0 Å². The van der Waals surface area contributed by atoms with Crippen molar-refractivity contribution >= 4 is 21.7 Å². The second-order valence-corrected chi connectivity index (χ2v) is 9.61. The third-order valence-corrected chi connectivity index (χ3v) is 6.37. The molecule has 4 aromatic rings. The Morgan fingerprint density at radius 2 is 1.80 bits per heavy atom. The lowest BCUT2D eigenvalue weighted by atomic mass is 10.1. The molecular formula is C24H25IN6O3S. The van der Waals surface area contributed by atoms with E-state index in [9.17, 15) is 13.2 Å². The molecule has 9 nitrogen and oxygen atoms in total. The Morgan fingerprint density at radius 3 is 2.46 bits per heavy atom. The molecule has 0 saturated carbocycles. The van der Waals surface area contributed by atoms with Gasteiger partial charge in [0.05, 0.1) is 24.3 Å². The fraction of sp³-hybridized carbons (Fsp3) is 0.167. The lowest BCUT2D eigenvalue weighted by molar-refractivity contribution is -0.657. The highest BCUT2D eigenvalue weighted by atomic mass is 127. The van der Waals surface area contributed by atoms with Crippen LogP contribution in [0.3, 0.4) is 0 Å². The molecule has 1 atom stereocenters. The first-order valence-electron chi connectivity index (χ1n) is 10.6. The zero-order valence-electron chi connectivity index (χ0n) is 19.2. The van der Waals surface area contributed by atoms with Crippen LogP contribution in [0.1, 0.15) is 17.2 Å². The van der Waals surface area contributed by atoms with Crippen LogP contribution in [-0.4, -0.2) is 29.3 Å². The average Bonchev–Trinajstić information content (AvgIpc) is 3.30. The topological polar surface area (TPSA) is 124 Å². The van der Waals surface area contributed by atoms with E-state index in [2.05, 4.69) is 15.6 Å². The van der Waals surface area contributed by atoms with E-state index in [1.54, 1.807) is 18.3 Å². The molecule has 2 heterocycles. The van der Waals surface area contributed by atoms with E-state index in [0.717, 1.165) is 11.1 Å². The number of hydrogen-bond donors (Lipinski definition) is 2. The molecule has 0 fully saturated rings. The minimum atomic E-state index is -3.79. The lowest BCUT2D eigenvalue weighted by Gasteiger charge is -2.14. The predicted molar refractivity (Wildman–Crippen MR) is 127 cm³/mol. The number of carbonyl (C=O) groups excluding carboxylic acids is 1. The molecule has 0 aliphatic heterocycles. The summed E-state index contributed by atoms with van der Waals surface area (Å²) in [5.74, 6) is 0.438. The normalized spacial score (nSPS) is 12.0. The molecule has 35 heavy (non-hydrogen) atoms. The van der Waals surface area contributed by atoms with Crippen molar-refractivity contribution in [1.82, 2.24) is 15.0 Å². The number of sulfonamides is 1. The summed E-state index contributed by atoms with van der Waals surface area (Å²) >= 11 is 0. The van der Waals surface area contributed by atoms with Crippen LogP contribution in [0.2, 0.25) is 0 Å². The number of rotatable bonds is 7. The number of aromatic nitrogens is 4. The molecule has 0 saturated heterocycles. The van der Waals surface area contributed by atoms with E-state index in [4.69, 9.17) is 5.14 Å². The molecule has 182 valence electrons. The Balaban J connectivity index is 0.00000342. The standard InChI is InChI=1S/C24H24N6O3S.HI/c1-17-12-13-29(2)23(14-17)26-24(31)22(15-18-6-4-3-5-7-18)30-16-21(27-28-30)19-8-10-20(11-9-19)34(25,32)33;/h3-14,16,22H,15H2,1-2H3,(H2,25,32,33);1H. The van der Waals surface area contributed by atoms with Crippen LogP contribution in [0, 0.1) is 6.92 Å². The van der Waals surface area contributed by atoms with Gasteiger partial charge in [-0.1, -0.05) is 47.7 Å². The number of hydrogen-bond acceptors (Lipinski definition) is 5. The Morgan fingerprint density at radius 1 is 1.11 bits per heavy atom. The van der Waals surface area contributed by atoms with Crippen LogP contribution in [-0.2, 0) is 28.3 Å². The summed E-state index contributed by atoms with van der Waals surface area (Å²) in [5, 5.41) is 16.6.